The molecule has 0 bridgehead atoms. The molecule has 0 aliphatic carbocycles. The zero-order valence-corrected chi connectivity index (χ0v) is 14.7. The molecular formula is C20H13BrN2O2. The molecule has 1 heterocycles. The summed E-state index contributed by atoms with van der Waals surface area (Å²) in [7, 11) is 0. The normalized spacial score (nSPS) is 11.4. The summed E-state index contributed by atoms with van der Waals surface area (Å²) in [5.74, 6) is -0.196. The topological polar surface area (TPSA) is 54.6 Å². The molecule has 0 fully saturated rings. The van der Waals surface area contributed by atoms with Crippen molar-refractivity contribution >= 4 is 49.6 Å². The SMILES string of the molecule is O=C(N/N=C\c1c2ccccc2cc2ccccc12)c1ccc(Br)o1. The number of furan rings is 1. The van der Waals surface area contributed by atoms with Gasteiger partial charge in [0.1, 0.15) is 0 Å². The lowest BCUT2D eigenvalue weighted by molar-refractivity contribution is 0.0926. The molecule has 1 aromatic heterocycles. The molecule has 0 saturated carbocycles. The van der Waals surface area contributed by atoms with E-state index >= 15 is 0 Å². The van der Waals surface area contributed by atoms with Gasteiger partial charge in [-0.25, -0.2) is 5.43 Å². The predicted octanol–water partition coefficient (Wildman–Crippen LogP) is 5.11. The van der Waals surface area contributed by atoms with Crippen LogP contribution in [0.25, 0.3) is 21.5 Å². The Labute approximate surface area is 152 Å². The van der Waals surface area contributed by atoms with E-state index in [2.05, 4.69) is 56.8 Å². The van der Waals surface area contributed by atoms with Crippen LogP contribution in [-0.4, -0.2) is 12.1 Å². The first-order valence-corrected chi connectivity index (χ1v) is 8.51. The lowest BCUT2D eigenvalue weighted by Gasteiger charge is -2.07. The van der Waals surface area contributed by atoms with Crippen LogP contribution in [0.4, 0.5) is 0 Å². The summed E-state index contributed by atoms with van der Waals surface area (Å²) < 4.78 is 5.72. The molecule has 0 aliphatic rings. The number of nitrogens with one attached hydrogen (secondary N) is 1. The van der Waals surface area contributed by atoms with E-state index in [4.69, 9.17) is 4.42 Å². The molecular weight excluding hydrogens is 380 g/mol. The summed E-state index contributed by atoms with van der Waals surface area (Å²) >= 11 is 3.17. The van der Waals surface area contributed by atoms with Crippen LogP contribution in [0.1, 0.15) is 16.1 Å². The van der Waals surface area contributed by atoms with Crippen molar-refractivity contribution in [1.82, 2.24) is 5.43 Å². The van der Waals surface area contributed by atoms with Crippen molar-refractivity contribution < 1.29 is 9.21 Å². The van der Waals surface area contributed by atoms with Crippen molar-refractivity contribution in [3.05, 3.63) is 82.7 Å². The van der Waals surface area contributed by atoms with Gasteiger partial charge in [0.25, 0.3) is 0 Å². The van der Waals surface area contributed by atoms with Gasteiger partial charge in [-0.15, -0.1) is 0 Å². The van der Waals surface area contributed by atoms with Crippen molar-refractivity contribution in [2.24, 2.45) is 5.10 Å². The van der Waals surface area contributed by atoms with Gasteiger partial charge in [-0.05, 0) is 55.7 Å². The summed E-state index contributed by atoms with van der Waals surface area (Å²) in [6.45, 7) is 0. The Morgan fingerprint density at radius 3 is 2.20 bits per heavy atom. The van der Waals surface area contributed by atoms with E-state index in [0.717, 1.165) is 27.1 Å². The van der Waals surface area contributed by atoms with E-state index in [1.165, 1.54) is 0 Å². The smallest absolute Gasteiger partial charge is 0.307 e. The Kier molecular flexibility index (Phi) is 4.07. The number of carbonyl (C=O) groups is 1. The molecule has 0 saturated heterocycles. The number of rotatable bonds is 3. The molecule has 25 heavy (non-hydrogen) atoms. The molecule has 0 atom stereocenters. The molecule has 0 radical (unpaired) electrons. The van der Waals surface area contributed by atoms with Crippen molar-refractivity contribution in [3.63, 3.8) is 0 Å². The highest BCUT2D eigenvalue weighted by atomic mass is 79.9. The maximum atomic E-state index is 12.0. The maximum absolute atomic E-state index is 12.0. The van der Waals surface area contributed by atoms with Gasteiger partial charge in [0, 0.05) is 5.56 Å². The highest BCUT2D eigenvalue weighted by Crippen LogP contribution is 2.27. The van der Waals surface area contributed by atoms with Crippen LogP contribution in [0.15, 0.2) is 80.9 Å². The van der Waals surface area contributed by atoms with E-state index in [1.807, 2.05) is 24.3 Å². The molecule has 4 aromatic rings. The lowest BCUT2D eigenvalue weighted by Crippen LogP contribution is -2.16. The Hall–Kier alpha value is -2.92. The average molecular weight is 393 g/mol. The van der Waals surface area contributed by atoms with Crippen LogP contribution < -0.4 is 5.43 Å². The zero-order valence-electron chi connectivity index (χ0n) is 13.1. The van der Waals surface area contributed by atoms with Crippen LogP contribution in [0.2, 0.25) is 0 Å². The monoisotopic (exact) mass is 392 g/mol. The van der Waals surface area contributed by atoms with Gasteiger partial charge in [-0.2, -0.15) is 5.10 Å². The van der Waals surface area contributed by atoms with Crippen molar-refractivity contribution in [2.75, 3.05) is 0 Å². The number of hydrogen-bond acceptors (Lipinski definition) is 3. The van der Waals surface area contributed by atoms with Gasteiger partial charge in [-0.3, -0.25) is 4.79 Å². The molecule has 3 aromatic carbocycles. The van der Waals surface area contributed by atoms with Gasteiger partial charge >= 0.3 is 5.91 Å². The predicted molar refractivity (Wildman–Crippen MR) is 103 cm³/mol. The number of hydrazone groups is 1. The van der Waals surface area contributed by atoms with Gasteiger partial charge in [0.05, 0.1) is 6.21 Å². The quantitative estimate of drug-likeness (QED) is 0.299. The first kappa shape index (κ1) is 15.6. The third kappa shape index (κ3) is 3.06. The number of nitrogens with zero attached hydrogens (tertiary/aromatic N) is 1. The summed E-state index contributed by atoms with van der Waals surface area (Å²) in [5, 5.41) is 8.55. The van der Waals surface area contributed by atoms with E-state index in [-0.39, 0.29) is 5.76 Å². The van der Waals surface area contributed by atoms with Crippen molar-refractivity contribution in [3.8, 4) is 0 Å². The first-order chi connectivity index (χ1) is 12.2. The molecule has 1 amide bonds. The summed E-state index contributed by atoms with van der Waals surface area (Å²) in [6, 6.07) is 21.6. The first-order valence-electron chi connectivity index (χ1n) is 7.71. The van der Waals surface area contributed by atoms with E-state index in [9.17, 15) is 4.79 Å². The number of fused-ring (bicyclic) bond motifs is 2. The number of amides is 1. The minimum Gasteiger partial charge on any atom is -0.444 e. The molecule has 1 N–H and O–H groups in total. The van der Waals surface area contributed by atoms with Crippen LogP contribution >= 0.6 is 15.9 Å². The van der Waals surface area contributed by atoms with Gasteiger partial charge < -0.3 is 4.42 Å². The standard InChI is InChI=1S/C20H13BrN2O2/c21-19-10-9-18(25-19)20(24)23-22-12-17-15-7-3-1-5-13(15)11-14-6-2-4-8-16(14)17/h1-12H,(H,23,24)/b22-12-. The Balaban J connectivity index is 1.73. The Morgan fingerprint density at radius 1 is 0.960 bits per heavy atom. The number of carbonyl (C=O) groups excluding carboxylic acids is 1. The zero-order chi connectivity index (χ0) is 17.2. The number of halogens is 1. The van der Waals surface area contributed by atoms with E-state index in [1.54, 1.807) is 18.3 Å². The molecule has 4 rings (SSSR count). The second-order valence-electron chi connectivity index (χ2n) is 5.54. The van der Waals surface area contributed by atoms with Crippen LogP contribution in [-0.2, 0) is 0 Å². The molecule has 122 valence electrons. The Morgan fingerprint density at radius 2 is 1.60 bits per heavy atom. The fraction of sp³-hybridized carbons (Fsp3) is 0. The maximum Gasteiger partial charge on any atom is 0.307 e. The molecule has 0 aliphatic heterocycles. The van der Waals surface area contributed by atoms with Crippen LogP contribution in [0.5, 0.6) is 0 Å². The molecule has 5 heteroatoms. The fourth-order valence-corrected chi connectivity index (χ4v) is 3.14. The fourth-order valence-electron chi connectivity index (χ4n) is 2.83. The van der Waals surface area contributed by atoms with E-state index < -0.39 is 5.91 Å². The molecule has 4 nitrogen and oxygen atoms in total. The van der Waals surface area contributed by atoms with Gasteiger partial charge in [0.15, 0.2) is 10.4 Å². The van der Waals surface area contributed by atoms with Crippen molar-refractivity contribution in [1.29, 1.82) is 0 Å². The summed E-state index contributed by atoms with van der Waals surface area (Å²) in [6.07, 6.45) is 1.68. The number of hydrogen-bond donors (Lipinski definition) is 1. The summed E-state index contributed by atoms with van der Waals surface area (Å²) in [4.78, 5) is 12.0. The van der Waals surface area contributed by atoms with E-state index in [0.29, 0.717) is 4.67 Å². The minimum absolute atomic E-state index is 0.201. The van der Waals surface area contributed by atoms with Crippen molar-refractivity contribution in [2.45, 2.75) is 0 Å². The van der Waals surface area contributed by atoms with Gasteiger partial charge in [0.2, 0.25) is 0 Å². The average Bonchev–Trinajstić information content (AvgIpc) is 3.07. The summed E-state index contributed by atoms with van der Waals surface area (Å²) in [5.41, 5.74) is 3.47. The lowest BCUT2D eigenvalue weighted by atomic mass is 9.97. The highest BCUT2D eigenvalue weighted by Gasteiger charge is 2.09. The highest BCUT2D eigenvalue weighted by molar-refractivity contribution is 9.10. The third-order valence-corrected chi connectivity index (χ3v) is 4.40. The van der Waals surface area contributed by atoms with Crippen LogP contribution in [0, 0.1) is 0 Å². The minimum atomic E-state index is -0.397. The van der Waals surface area contributed by atoms with Gasteiger partial charge in [-0.1, -0.05) is 48.5 Å². The van der Waals surface area contributed by atoms with Crippen LogP contribution in [0.3, 0.4) is 0 Å². The second kappa shape index (κ2) is 6.53. The molecule has 0 spiro atoms. The molecule has 0 unspecified atom stereocenters. The third-order valence-electron chi connectivity index (χ3n) is 3.97. The Bertz CT molecular complexity index is 1060. The largest absolute Gasteiger partial charge is 0.444 e. The second-order valence-corrected chi connectivity index (χ2v) is 6.32. The number of benzene rings is 3.